The van der Waals surface area contributed by atoms with Crippen LogP contribution < -0.4 is 10.6 Å². The predicted molar refractivity (Wildman–Crippen MR) is 60.6 cm³/mol. The Balaban J connectivity index is 2.38. The Morgan fingerprint density at radius 2 is 2.07 bits per heavy atom. The van der Waals surface area contributed by atoms with Crippen molar-refractivity contribution in [1.82, 2.24) is 0 Å². The molecule has 80 valence electrons. The fraction of sp³-hybridized carbons (Fsp3) is 0.417. The van der Waals surface area contributed by atoms with E-state index in [1.165, 1.54) is 0 Å². The first-order chi connectivity index (χ1) is 7.11. The molecule has 1 heterocycles. The molecular formula is C12H16N2O. The first-order valence-electron chi connectivity index (χ1n) is 5.27. The summed E-state index contributed by atoms with van der Waals surface area (Å²) in [6, 6.07) is 7.28. The molecule has 1 aliphatic rings. The van der Waals surface area contributed by atoms with Crippen LogP contribution in [-0.2, 0) is 4.79 Å². The number of rotatable bonds is 2. The first-order valence-corrected chi connectivity index (χ1v) is 5.27. The summed E-state index contributed by atoms with van der Waals surface area (Å²) in [7, 11) is 0. The molecule has 0 spiro atoms. The molecule has 0 unspecified atom stereocenters. The topological polar surface area (TPSA) is 46.3 Å². The highest BCUT2D eigenvalue weighted by molar-refractivity contribution is 6.04. The Morgan fingerprint density at radius 3 is 2.73 bits per heavy atom. The van der Waals surface area contributed by atoms with E-state index in [1.807, 2.05) is 24.3 Å². The molecule has 0 saturated heterocycles. The van der Waals surface area contributed by atoms with Crippen LogP contribution in [0.1, 0.15) is 25.5 Å². The van der Waals surface area contributed by atoms with Crippen molar-refractivity contribution in [2.75, 3.05) is 11.4 Å². The lowest BCUT2D eigenvalue weighted by atomic mass is 10.1. The van der Waals surface area contributed by atoms with Gasteiger partial charge in [0.1, 0.15) is 6.04 Å². The number of amides is 1. The molecule has 3 nitrogen and oxygen atoms in total. The molecular weight excluding hydrogens is 188 g/mol. The van der Waals surface area contributed by atoms with Crippen LogP contribution in [0, 0.1) is 5.92 Å². The zero-order valence-electron chi connectivity index (χ0n) is 9.10. The van der Waals surface area contributed by atoms with Crippen molar-refractivity contribution in [2.24, 2.45) is 11.7 Å². The molecule has 1 aromatic carbocycles. The molecule has 0 saturated carbocycles. The van der Waals surface area contributed by atoms with Crippen LogP contribution in [0.25, 0.3) is 0 Å². The van der Waals surface area contributed by atoms with Crippen LogP contribution >= 0.6 is 0 Å². The van der Waals surface area contributed by atoms with Gasteiger partial charge in [-0.2, -0.15) is 0 Å². The lowest BCUT2D eigenvalue weighted by molar-refractivity contribution is -0.119. The maximum Gasteiger partial charge on any atom is 0.248 e. The average Bonchev–Trinajstić information content (AvgIpc) is 2.44. The summed E-state index contributed by atoms with van der Waals surface area (Å²) in [6.07, 6.45) is 0. The van der Waals surface area contributed by atoms with Gasteiger partial charge in [-0.3, -0.25) is 4.79 Å². The van der Waals surface area contributed by atoms with Crippen molar-refractivity contribution in [1.29, 1.82) is 0 Å². The molecule has 0 aliphatic carbocycles. The smallest absolute Gasteiger partial charge is 0.248 e. The van der Waals surface area contributed by atoms with E-state index in [2.05, 4.69) is 13.8 Å². The maximum atomic E-state index is 11.9. The van der Waals surface area contributed by atoms with Gasteiger partial charge in [-0.25, -0.2) is 0 Å². The van der Waals surface area contributed by atoms with Gasteiger partial charge in [-0.15, -0.1) is 0 Å². The van der Waals surface area contributed by atoms with Crippen LogP contribution in [0.3, 0.4) is 0 Å². The first kappa shape index (κ1) is 10.2. The quantitative estimate of drug-likeness (QED) is 0.796. The minimum atomic E-state index is -0.472. The number of anilines is 1. The largest absolute Gasteiger partial charge is 0.316 e. The van der Waals surface area contributed by atoms with Gasteiger partial charge in [0, 0.05) is 17.8 Å². The maximum absolute atomic E-state index is 11.9. The lowest BCUT2D eigenvalue weighted by Gasteiger charge is -2.19. The van der Waals surface area contributed by atoms with Gasteiger partial charge in [0.15, 0.2) is 0 Å². The number of para-hydroxylation sites is 1. The minimum Gasteiger partial charge on any atom is -0.316 e. The van der Waals surface area contributed by atoms with Gasteiger partial charge in [0.25, 0.3) is 0 Å². The number of hydrogen-bond donors (Lipinski definition) is 1. The third-order valence-electron chi connectivity index (χ3n) is 2.64. The third kappa shape index (κ3) is 1.63. The molecule has 0 aromatic heterocycles. The van der Waals surface area contributed by atoms with E-state index in [-0.39, 0.29) is 5.91 Å². The molecule has 1 aromatic rings. The van der Waals surface area contributed by atoms with Gasteiger partial charge in [0.05, 0.1) is 0 Å². The Hall–Kier alpha value is -1.35. The van der Waals surface area contributed by atoms with Crippen LogP contribution in [0.2, 0.25) is 0 Å². The molecule has 1 aliphatic heterocycles. The van der Waals surface area contributed by atoms with Crippen molar-refractivity contribution < 1.29 is 4.79 Å². The molecule has 1 amide bonds. The van der Waals surface area contributed by atoms with Crippen LogP contribution in [0.15, 0.2) is 24.3 Å². The van der Waals surface area contributed by atoms with E-state index < -0.39 is 6.04 Å². The zero-order valence-corrected chi connectivity index (χ0v) is 9.10. The summed E-state index contributed by atoms with van der Waals surface area (Å²) >= 11 is 0. The Morgan fingerprint density at radius 1 is 1.40 bits per heavy atom. The van der Waals surface area contributed by atoms with E-state index in [0.717, 1.165) is 17.8 Å². The Bertz CT molecular complexity index is 387. The van der Waals surface area contributed by atoms with Crippen LogP contribution in [0.5, 0.6) is 0 Å². The van der Waals surface area contributed by atoms with Crippen molar-refractivity contribution in [2.45, 2.75) is 19.9 Å². The standard InChI is InChI=1S/C12H16N2O/c1-8(2)7-14-10-6-4-3-5-9(10)11(13)12(14)15/h3-6,8,11H,7,13H2,1-2H3/t11-/m1/s1. The highest BCUT2D eigenvalue weighted by Crippen LogP contribution is 2.34. The number of benzene rings is 1. The number of nitrogens with two attached hydrogens (primary N) is 1. The Kier molecular flexibility index (Phi) is 2.49. The second kappa shape index (κ2) is 3.66. The van der Waals surface area contributed by atoms with Crippen molar-refractivity contribution in [3.63, 3.8) is 0 Å². The molecule has 15 heavy (non-hydrogen) atoms. The van der Waals surface area contributed by atoms with E-state index in [9.17, 15) is 4.79 Å². The molecule has 0 radical (unpaired) electrons. The van der Waals surface area contributed by atoms with Crippen molar-refractivity contribution in [3.05, 3.63) is 29.8 Å². The summed E-state index contributed by atoms with van der Waals surface area (Å²) < 4.78 is 0. The van der Waals surface area contributed by atoms with Crippen LogP contribution in [0.4, 0.5) is 5.69 Å². The third-order valence-corrected chi connectivity index (χ3v) is 2.64. The number of carbonyl (C=O) groups is 1. The van der Waals surface area contributed by atoms with Gasteiger partial charge in [-0.05, 0) is 12.0 Å². The summed E-state index contributed by atoms with van der Waals surface area (Å²) in [5.41, 5.74) is 7.79. The van der Waals surface area contributed by atoms with Gasteiger partial charge in [-0.1, -0.05) is 32.0 Å². The van der Waals surface area contributed by atoms with Crippen molar-refractivity contribution in [3.8, 4) is 0 Å². The second-order valence-electron chi connectivity index (χ2n) is 4.38. The normalized spacial score (nSPS) is 19.9. The molecule has 2 N–H and O–H groups in total. The highest BCUT2D eigenvalue weighted by atomic mass is 16.2. The van der Waals surface area contributed by atoms with Crippen LogP contribution in [-0.4, -0.2) is 12.5 Å². The monoisotopic (exact) mass is 204 g/mol. The summed E-state index contributed by atoms with van der Waals surface area (Å²) in [6.45, 7) is 4.93. The SMILES string of the molecule is CC(C)CN1C(=O)[C@H](N)c2ccccc21. The molecule has 3 heteroatoms. The van der Waals surface area contributed by atoms with E-state index >= 15 is 0 Å². The highest BCUT2D eigenvalue weighted by Gasteiger charge is 2.34. The summed E-state index contributed by atoms with van der Waals surface area (Å²) in [5, 5.41) is 0. The summed E-state index contributed by atoms with van der Waals surface area (Å²) in [5.74, 6) is 0.470. The van der Waals surface area contributed by atoms with Gasteiger partial charge in [0.2, 0.25) is 5.91 Å². The number of hydrogen-bond acceptors (Lipinski definition) is 2. The zero-order chi connectivity index (χ0) is 11.0. The fourth-order valence-corrected chi connectivity index (χ4v) is 1.97. The Labute approximate surface area is 89.9 Å². The average molecular weight is 204 g/mol. The lowest BCUT2D eigenvalue weighted by Crippen LogP contribution is -2.34. The number of carbonyl (C=O) groups excluding carboxylic acids is 1. The molecule has 1 atom stereocenters. The second-order valence-corrected chi connectivity index (χ2v) is 4.38. The molecule has 0 bridgehead atoms. The van der Waals surface area contributed by atoms with Gasteiger partial charge < -0.3 is 10.6 Å². The number of fused-ring (bicyclic) bond motifs is 1. The molecule has 0 fully saturated rings. The fourth-order valence-electron chi connectivity index (χ4n) is 1.97. The predicted octanol–water partition coefficient (Wildman–Crippen LogP) is 1.69. The van der Waals surface area contributed by atoms with E-state index in [4.69, 9.17) is 5.73 Å². The molecule has 2 rings (SSSR count). The minimum absolute atomic E-state index is 0.0184. The van der Waals surface area contributed by atoms with E-state index in [0.29, 0.717) is 5.92 Å². The summed E-state index contributed by atoms with van der Waals surface area (Å²) in [4.78, 5) is 13.7. The van der Waals surface area contributed by atoms with Gasteiger partial charge >= 0.3 is 0 Å². The number of nitrogens with zero attached hydrogens (tertiary/aromatic N) is 1. The van der Waals surface area contributed by atoms with Crippen molar-refractivity contribution >= 4 is 11.6 Å². The van der Waals surface area contributed by atoms with E-state index in [1.54, 1.807) is 4.90 Å².